The molecule has 2 N–H and O–H groups in total. The molecule has 0 aliphatic carbocycles. The highest BCUT2D eigenvalue weighted by Crippen LogP contribution is 2.40. The molecule has 0 radical (unpaired) electrons. The van der Waals surface area contributed by atoms with Crippen LogP contribution in [-0.4, -0.2) is 12.6 Å². The molecule has 2 aromatic carbocycles. The fourth-order valence-corrected chi connectivity index (χ4v) is 3.26. The molecule has 2 aromatic rings. The van der Waals surface area contributed by atoms with Crippen molar-refractivity contribution in [1.29, 1.82) is 5.26 Å². The van der Waals surface area contributed by atoms with Crippen LogP contribution in [0.2, 0.25) is 0 Å². The second kappa shape index (κ2) is 9.30. The molecule has 0 saturated carbocycles. The van der Waals surface area contributed by atoms with E-state index in [2.05, 4.69) is 0 Å². The smallest absolute Gasteiger partial charge is 0.338 e. The van der Waals surface area contributed by atoms with Crippen LogP contribution in [0.5, 0.6) is 5.75 Å². The highest BCUT2D eigenvalue weighted by atomic mass is 19.1. The van der Waals surface area contributed by atoms with Gasteiger partial charge in [0.25, 0.3) is 0 Å². The van der Waals surface area contributed by atoms with E-state index in [1.807, 2.05) is 6.07 Å². The minimum atomic E-state index is -0.771. The normalized spacial score (nSPS) is 15.9. The standard InChI is InChI=1S/C23H20F2N2O4/c1-3-29-23(28)20-13(2)31-22(27)18(11-26)21(20)14-4-7-17(8-5-14)30-12-15-10-16(24)6-9-19(15)25/h4-10,21H,3,12,27H2,1-2H3. The largest absolute Gasteiger partial charge is 0.489 e. The van der Waals surface area contributed by atoms with Gasteiger partial charge in [-0.3, -0.25) is 0 Å². The number of nitrogens with zero attached hydrogens (tertiary/aromatic N) is 1. The SMILES string of the molecule is CCOC(=O)C1=C(C)OC(N)=C(C#N)C1c1ccc(OCc2cc(F)ccc2F)cc1. The molecule has 0 aromatic heterocycles. The predicted molar refractivity (Wildman–Crippen MR) is 107 cm³/mol. The third kappa shape index (κ3) is 4.67. The number of hydrogen-bond acceptors (Lipinski definition) is 6. The van der Waals surface area contributed by atoms with Gasteiger partial charge in [-0.15, -0.1) is 0 Å². The van der Waals surface area contributed by atoms with E-state index in [-0.39, 0.29) is 41.6 Å². The van der Waals surface area contributed by atoms with Gasteiger partial charge in [0, 0.05) is 5.56 Å². The number of halogens is 2. The molecule has 0 saturated heterocycles. The van der Waals surface area contributed by atoms with Crippen molar-refractivity contribution in [2.24, 2.45) is 5.73 Å². The van der Waals surface area contributed by atoms with Crippen LogP contribution in [0.15, 0.2) is 65.3 Å². The summed E-state index contributed by atoms with van der Waals surface area (Å²) >= 11 is 0. The number of rotatable bonds is 6. The molecule has 1 unspecified atom stereocenters. The van der Waals surface area contributed by atoms with Crippen LogP contribution in [0, 0.1) is 23.0 Å². The van der Waals surface area contributed by atoms with Crippen LogP contribution in [0.4, 0.5) is 8.78 Å². The van der Waals surface area contributed by atoms with Gasteiger partial charge in [0.05, 0.1) is 18.1 Å². The molecule has 31 heavy (non-hydrogen) atoms. The monoisotopic (exact) mass is 426 g/mol. The van der Waals surface area contributed by atoms with Crippen LogP contribution in [-0.2, 0) is 20.9 Å². The Morgan fingerprint density at radius 1 is 1.23 bits per heavy atom. The summed E-state index contributed by atoms with van der Waals surface area (Å²) in [5.74, 6) is -1.94. The molecule has 0 bridgehead atoms. The van der Waals surface area contributed by atoms with E-state index in [1.165, 1.54) is 0 Å². The first-order valence-corrected chi connectivity index (χ1v) is 9.47. The molecule has 6 nitrogen and oxygen atoms in total. The fourth-order valence-electron chi connectivity index (χ4n) is 3.26. The van der Waals surface area contributed by atoms with E-state index in [0.29, 0.717) is 11.3 Å². The Bertz CT molecular complexity index is 1100. The summed E-state index contributed by atoms with van der Waals surface area (Å²) in [4.78, 5) is 12.5. The maximum absolute atomic E-state index is 13.8. The lowest BCUT2D eigenvalue weighted by molar-refractivity contribution is -0.139. The summed E-state index contributed by atoms with van der Waals surface area (Å²) in [7, 11) is 0. The van der Waals surface area contributed by atoms with Crippen LogP contribution in [0.25, 0.3) is 0 Å². The van der Waals surface area contributed by atoms with Crippen molar-refractivity contribution in [2.75, 3.05) is 6.61 Å². The van der Waals surface area contributed by atoms with E-state index in [1.54, 1.807) is 38.1 Å². The van der Waals surface area contributed by atoms with Gasteiger partial charge in [-0.2, -0.15) is 5.26 Å². The zero-order chi connectivity index (χ0) is 22.5. The number of ether oxygens (including phenoxy) is 3. The van der Waals surface area contributed by atoms with Crippen molar-refractivity contribution >= 4 is 5.97 Å². The Morgan fingerprint density at radius 2 is 1.94 bits per heavy atom. The highest BCUT2D eigenvalue weighted by Gasteiger charge is 2.36. The molecule has 1 aliphatic heterocycles. The van der Waals surface area contributed by atoms with E-state index in [0.717, 1.165) is 18.2 Å². The number of esters is 1. The molecule has 0 spiro atoms. The third-order valence-electron chi connectivity index (χ3n) is 4.72. The average Bonchev–Trinajstić information content (AvgIpc) is 2.74. The molecule has 0 amide bonds. The van der Waals surface area contributed by atoms with Crippen LogP contribution in [0.1, 0.15) is 30.9 Å². The van der Waals surface area contributed by atoms with E-state index in [4.69, 9.17) is 19.9 Å². The third-order valence-corrected chi connectivity index (χ3v) is 4.72. The number of hydrogen-bond donors (Lipinski definition) is 1. The first-order valence-electron chi connectivity index (χ1n) is 9.47. The van der Waals surface area contributed by atoms with Crippen molar-refractivity contribution < 1.29 is 27.8 Å². The maximum atomic E-state index is 13.8. The van der Waals surface area contributed by atoms with Gasteiger partial charge in [-0.05, 0) is 49.7 Å². The average molecular weight is 426 g/mol. The summed E-state index contributed by atoms with van der Waals surface area (Å²) in [6, 6.07) is 11.7. The topological polar surface area (TPSA) is 94.6 Å². The van der Waals surface area contributed by atoms with E-state index in [9.17, 15) is 18.8 Å². The van der Waals surface area contributed by atoms with Crippen molar-refractivity contribution in [3.05, 3.63) is 88.0 Å². The van der Waals surface area contributed by atoms with Crippen LogP contribution < -0.4 is 10.5 Å². The Balaban J connectivity index is 1.87. The van der Waals surface area contributed by atoms with Crippen molar-refractivity contribution in [2.45, 2.75) is 26.4 Å². The van der Waals surface area contributed by atoms with Gasteiger partial charge in [-0.25, -0.2) is 13.6 Å². The minimum Gasteiger partial charge on any atom is -0.489 e. The van der Waals surface area contributed by atoms with Gasteiger partial charge in [0.15, 0.2) is 0 Å². The molecular formula is C23H20F2N2O4. The van der Waals surface area contributed by atoms with E-state index < -0.39 is 23.5 Å². The second-order valence-electron chi connectivity index (χ2n) is 6.71. The van der Waals surface area contributed by atoms with Gasteiger partial charge >= 0.3 is 5.97 Å². The number of carbonyl (C=O) groups excluding carboxylic acids is 1. The predicted octanol–water partition coefficient (Wildman–Crippen LogP) is 4.19. The molecule has 1 aliphatic rings. The fraction of sp³-hybridized carbons (Fsp3) is 0.217. The molecule has 1 atom stereocenters. The zero-order valence-electron chi connectivity index (χ0n) is 16.9. The lowest BCUT2D eigenvalue weighted by Crippen LogP contribution is -2.25. The summed E-state index contributed by atoms with van der Waals surface area (Å²) in [5.41, 5.74) is 6.82. The number of allylic oxidation sites excluding steroid dienone is 2. The molecule has 0 fully saturated rings. The Labute approximate surface area is 178 Å². The summed E-state index contributed by atoms with van der Waals surface area (Å²) < 4.78 is 43.1. The molecule has 160 valence electrons. The quantitative estimate of drug-likeness (QED) is 0.696. The number of benzene rings is 2. The number of carbonyl (C=O) groups is 1. The highest BCUT2D eigenvalue weighted by molar-refractivity contribution is 5.92. The van der Waals surface area contributed by atoms with Gasteiger partial charge < -0.3 is 19.9 Å². The van der Waals surface area contributed by atoms with Gasteiger partial charge in [-0.1, -0.05) is 12.1 Å². The lowest BCUT2D eigenvalue weighted by Gasteiger charge is -2.26. The number of nitriles is 1. The maximum Gasteiger partial charge on any atom is 0.338 e. The Kier molecular flexibility index (Phi) is 6.55. The Hall–Kier alpha value is -3.86. The lowest BCUT2D eigenvalue weighted by atomic mass is 9.83. The van der Waals surface area contributed by atoms with Crippen molar-refractivity contribution in [3.63, 3.8) is 0 Å². The first-order chi connectivity index (χ1) is 14.8. The van der Waals surface area contributed by atoms with Crippen molar-refractivity contribution in [3.8, 4) is 11.8 Å². The Morgan fingerprint density at radius 3 is 2.58 bits per heavy atom. The second-order valence-corrected chi connectivity index (χ2v) is 6.71. The summed E-state index contributed by atoms with van der Waals surface area (Å²) in [6.45, 7) is 3.25. The number of nitrogens with two attached hydrogens (primary N) is 1. The minimum absolute atomic E-state index is 0.0825. The zero-order valence-corrected chi connectivity index (χ0v) is 16.9. The molecular weight excluding hydrogens is 406 g/mol. The van der Waals surface area contributed by atoms with Crippen LogP contribution >= 0.6 is 0 Å². The molecule has 1 heterocycles. The summed E-state index contributed by atoms with van der Waals surface area (Å²) in [5, 5.41) is 9.59. The van der Waals surface area contributed by atoms with E-state index >= 15 is 0 Å². The van der Waals surface area contributed by atoms with Crippen LogP contribution in [0.3, 0.4) is 0 Å². The molecule has 3 rings (SSSR count). The van der Waals surface area contributed by atoms with Gasteiger partial charge in [0.2, 0.25) is 5.88 Å². The van der Waals surface area contributed by atoms with Gasteiger partial charge in [0.1, 0.15) is 41.4 Å². The first kappa shape index (κ1) is 21.8. The van der Waals surface area contributed by atoms with Crippen molar-refractivity contribution in [1.82, 2.24) is 0 Å². The molecule has 8 heteroatoms. The summed E-state index contributed by atoms with van der Waals surface area (Å²) in [6.07, 6.45) is 0.